The summed E-state index contributed by atoms with van der Waals surface area (Å²) in [6, 6.07) is 14.2. The van der Waals surface area contributed by atoms with Crippen LogP contribution in [0, 0.1) is 12.7 Å². The maximum absolute atomic E-state index is 13.8. The van der Waals surface area contributed by atoms with E-state index in [-0.39, 0.29) is 22.0 Å². The Morgan fingerprint density at radius 3 is 2.33 bits per heavy atom. The Labute approximate surface area is 199 Å². The van der Waals surface area contributed by atoms with E-state index >= 15 is 0 Å². The summed E-state index contributed by atoms with van der Waals surface area (Å²) in [5, 5.41) is 11.4. The van der Waals surface area contributed by atoms with Crippen LogP contribution in [0.2, 0.25) is 10.0 Å². The van der Waals surface area contributed by atoms with Crippen LogP contribution in [0.5, 0.6) is 5.75 Å². The number of anilines is 1. The van der Waals surface area contributed by atoms with Gasteiger partial charge in [-0.05, 0) is 66.6 Å². The first-order valence-corrected chi connectivity index (χ1v) is 10.6. The standard InChI is InChI=1S/C25H18Cl2FNO4/c1-13-11-15(5-10-20(13)33-2)23(30)21-22(14-3-6-16(26)7-4-14)29(25(32)24(21)31)17-8-9-19(28)18(27)12-17/h3-12,22,30H,1-2H3/b23-21+. The summed E-state index contributed by atoms with van der Waals surface area (Å²) in [6.45, 7) is 1.80. The number of carbonyl (C=O) groups is 2. The number of aliphatic hydroxyl groups excluding tert-OH is 1. The number of amides is 1. The zero-order valence-electron chi connectivity index (χ0n) is 17.6. The summed E-state index contributed by atoms with van der Waals surface area (Å²) in [5.74, 6) is -2.13. The lowest BCUT2D eigenvalue weighted by Crippen LogP contribution is -2.29. The molecular formula is C25H18Cl2FNO4. The number of carbonyl (C=O) groups excluding carboxylic acids is 2. The first-order chi connectivity index (χ1) is 15.7. The lowest BCUT2D eigenvalue weighted by Gasteiger charge is -2.25. The van der Waals surface area contributed by atoms with Crippen molar-refractivity contribution in [2.75, 3.05) is 12.0 Å². The Morgan fingerprint density at radius 1 is 1.03 bits per heavy atom. The number of nitrogens with zero attached hydrogens (tertiary/aromatic N) is 1. The Bertz CT molecular complexity index is 1300. The number of benzene rings is 3. The number of rotatable bonds is 4. The van der Waals surface area contributed by atoms with Gasteiger partial charge < -0.3 is 9.84 Å². The fraction of sp³-hybridized carbons (Fsp3) is 0.120. The predicted molar refractivity (Wildman–Crippen MR) is 125 cm³/mol. The third kappa shape index (κ3) is 4.08. The molecule has 168 valence electrons. The number of halogens is 3. The summed E-state index contributed by atoms with van der Waals surface area (Å²) in [4.78, 5) is 27.5. The maximum atomic E-state index is 13.8. The van der Waals surface area contributed by atoms with Crippen LogP contribution in [0.4, 0.5) is 10.1 Å². The minimum atomic E-state index is -0.980. The molecule has 1 unspecified atom stereocenters. The molecule has 1 aliphatic rings. The van der Waals surface area contributed by atoms with E-state index < -0.39 is 23.5 Å². The van der Waals surface area contributed by atoms with Gasteiger partial charge in [-0.2, -0.15) is 0 Å². The first kappa shape index (κ1) is 22.8. The normalized spacial score (nSPS) is 17.5. The van der Waals surface area contributed by atoms with Gasteiger partial charge in [0.05, 0.1) is 23.7 Å². The van der Waals surface area contributed by atoms with Crippen LogP contribution in [-0.2, 0) is 9.59 Å². The Balaban J connectivity index is 1.94. The molecule has 0 spiro atoms. The fourth-order valence-corrected chi connectivity index (χ4v) is 4.18. The number of hydrogen-bond acceptors (Lipinski definition) is 4. The Morgan fingerprint density at radius 2 is 1.73 bits per heavy atom. The van der Waals surface area contributed by atoms with Gasteiger partial charge in [0.25, 0.3) is 11.7 Å². The van der Waals surface area contributed by atoms with E-state index in [0.29, 0.717) is 21.9 Å². The number of methoxy groups -OCH3 is 1. The van der Waals surface area contributed by atoms with Crippen molar-refractivity contribution in [1.82, 2.24) is 0 Å². The first-order valence-electron chi connectivity index (χ1n) is 9.89. The van der Waals surface area contributed by atoms with E-state index in [9.17, 15) is 19.1 Å². The molecule has 0 aliphatic carbocycles. The molecular weight excluding hydrogens is 468 g/mol. The molecule has 0 saturated carbocycles. The molecule has 5 nitrogen and oxygen atoms in total. The van der Waals surface area contributed by atoms with E-state index in [2.05, 4.69) is 0 Å². The van der Waals surface area contributed by atoms with Gasteiger partial charge in [0.1, 0.15) is 17.3 Å². The quantitative estimate of drug-likeness (QED) is 0.276. The smallest absolute Gasteiger partial charge is 0.300 e. The van der Waals surface area contributed by atoms with E-state index in [1.54, 1.807) is 49.4 Å². The molecule has 1 aliphatic heterocycles. The second kappa shape index (κ2) is 8.89. The molecule has 1 heterocycles. The number of aryl methyl sites for hydroxylation is 1. The number of aliphatic hydroxyl groups is 1. The van der Waals surface area contributed by atoms with Gasteiger partial charge in [0, 0.05) is 16.3 Å². The molecule has 33 heavy (non-hydrogen) atoms. The van der Waals surface area contributed by atoms with Gasteiger partial charge in [-0.3, -0.25) is 14.5 Å². The summed E-state index contributed by atoms with van der Waals surface area (Å²) in [6.07, 6.45) is 0. The Kier molecular flexibility index (Phi) is 6.15. The minimum Gasteiger partial charge on any atom is -0.507 e. The SMILES string of the molecule is COc1ccc(/C(O)=C2\C(=O)C(=O)N(c3ccc(F)c(Cl)c3)C2c2ccc(Cl)cc2)cc1C. The average molecular weight is 486 g/mol. The molecule has 4 rings (SSSR count). The van der Waals surface area contributed by atoms with Crippen LogP contribution >= 0.6 is 23.2 Å². The van der Waals surface area contributed by atoms with Crippen LogP contribution in [-0.4, -0.2) is 23.9 Å². The van der Waals surface area contributed by atoms with Crippen molar-refractivity contribution in [2.24, 2.45) is 0 Å². The highest BCUT2D eigenvalue weighted by Crippen LogP contribution is 2.43. The van der Waals surface area contributed by atoms with Gasteiger partial charge in [-0.15, -0.1) is 0 Å². The maximum Gasteiger partial charge on any atom is 0.300 e. The lowest BCUT2D eigenvalue weighted by atomic mass is 9.94. The zero-order valence-corrected chi connectivity index (χ0v) is 19.1. The van der Waals surface area contributed by atoms with Crippen LogP contribution < -0.4 is 9.64 Å². The minimum absolute atomic E-state index is 0.104. The van der Waals surface area contributed by atoms with Gasteiger partial charge in [-0.1, -0.05) is 35.3 Å². The molecule has 0 aromatic heterocycles. The number of ketones is 1. The van der Waals surface area contributed by atoms with Crippen LogP contribution in [0.1, 0.15) is 22.7 Å². The summed E-state index contributed by atoms with van der Waals surface area (Å²) < 4.78 is 19.0. The van der Waals surface area contributed by atoms with Gasteiger partial charge in [-0.25, -0.2) is 4.39 Å². The highest BCUT2D eigenvalue weighted by molar-refractivity contribution is 6.51. The lowest BCUT2D eigenvalue weighted by molar-refractivity contribution is -0.132. The molecule has 8 heteroatoms. The van der Waals surface area contributed by atoms with Crippen LogP contribution in [0.15, 0.2) is 66.2 Å². The van der Waals surface area contributed by atoms with E-state index in [0.717, 1.165) is 11.6 Å². The largest absolute Gasteiger partial charge is 0.507 e. The molecule has 0 bridgehead atoms. The molecule has 3 aromatic carbocycles. The third-order valence-electron chi connectivity index (χ3n) is 5.48. The average Bonchev–Trinajstić information content (AvgIpc) is 3.06. The molecule has 3 aromatic rings. The van der Waals surface area contributed by atoms with Crippen molar-refractivity contribution in [3.63, 3.8) is 0 Å². The topological polar surface area (TPSA) is 66.8 Å². The fourth-order valence-electron chi connectivity index (χ4n) is 3.88. The van der Waals surface area contributed by atoms with E-state index in [1.165, 1.54) is 24.1 Å². The van der Waals surface area contributed by atoms with E-state index in [1.807, 2.05) is 0 Å². The van der Waals surface area contributed by atoms with Crippen molar-refractivity contribution in [2.45, 2.75) is 13.0 Å². The van der Waals surface area contributed by atoms with Crippen LogP contribution in [0.25, 0.3) is 5.76 Å². The molecule has 1 N–H and O–H groups in total. The molecule has 0 radical (unpaired) electrons. The van der Waals surface area contributed by atoms with Crippen molar-refractivity contribution in [3.8, 4) is 5.75 Å². The van der Waals surface area contributed by atoms with Crippen LogP contribution in [0.3, 0.4) is 0 Å². The highest BCUT2D eigenvalue weighted by atomic mass is 35.5. The summed E-state index contributed by atoms with van der Waals surface area (Å²) in [5.41, 5.74) is 1.73. The van der Waals surface area contributed by atoms with Crippen molar-refractivity contribution in [3.05, 3.63) is 98.8 Å². The predicted octanol–water partition coefficient (Wildman–Crippen LogP) is 6.08. The second-order valence-electron chi connectivity index (χ2n) is 7.50. The van der Waals surface area contributed by atoms with E-state index in [4.69, 9.17) is 27.9 Å². The number of Topliss-reactive ketones (excluding diaryl/α,β-unsaturated/α-hetero) is 1. The Hall–Kier alpha value is -3.35. The third-order valence-corrected chi connectivity index (χ3v) is 6.02. The molecule has 1 fully saturated rings. The zero-order chi connectivity index (χ0) is 23.9. The molecule has 1 atom stereocenters. The van der Waals surface area contributed by atoms with Gasteiger partial charge in [0.2, 0.25) is 0 Å². The van der Waals surface area contributed by atoms with Crippen molar-refractivity contribution in [1.29, 1.82) is 0 Å². The molecule has 1 saturated heterocycles. The van der Waals surface area contributed by atoms with Gasteiger partial charge >= 0.3 is 0 Å². The van der Waals surface area contributed by atoms with Crippen molar-refractivity contribution >= 4 is 46.3 Å². The molecule has 1 amide bonds. The monoisotopic (exact) mass is 485 g/mol. The van der Waals surface area contributed by atoms with Gasteiger partial charge in [0.15, 0.2) is 0 Å². The number of hydrogen-bond donors (Lipinski definition) is 1. The number of ether oxygens (including phenoxy) is 1. The van der Waals surface area contributed by atoms with Crippen molar-refractivity contribution < 1.29 is 23.8 Å². The highest BCUT2D eigenvalue weighted by Gasteiger charge is 2.47. The summed E-state index contributed by atoms with van der Waals surface area (Å²) in [7, 11) is 1.53. The second-order valence-corrected chi connectivity index (χ2v) is 8.35. The summed E-state index contributed by atoms with van der Waals surface area (Å²) >= 11 is 12.0.